The van der Waals surface area contributed by atoms with Crippen LogP contribution in [0.4, 0.5) is 5.82 Å². The Bertz CT molecular complexity index is 547. The molecular formula is C15H21N3. The zero-order valence-electron chi connectivity index (χ0n) is 11.6. The van der Waals surface area contributed by atoms with Crippen molar-refractivity contribution in [3.05, 3.63) is 34.9 Å². The van der Waals surface area contributed by atoms with Crippen molar-refractivity contribution in [1.29, 1.82) is 0 Å². The van der Waals surface area contributed by atoms with E-state index in [2.05, 4.69) is 44.1 Å². The Kier molecular flexibility index (Phi) is 3.41. The molecule has 0 saturated heterocycles. The number of nitrogen functional groups attached to an aromatic ring is 1. The van der Waals surface area contributed by atoms with E-state index >= 15 is 0 Å². The topological polar surface area (TPSA) is 43.8 Å². The minimum absolute atomic E-state index is 0.787. The fourth-order valence-electron chi connectivity index (χ4n) is 2.47. The largest absolute Gasteiger partial charge is 0.384 e. The first-order valence-electron chi connectivity index (χ1n) is 6.44. The van der Waals surface area contributed by atoms with E-state index in [1.54, 1.807) is 4.68 Å². The van der Waals surface area contributed by atoms with E-state index in [0.717, 1.165) is 24.4 Å². The van der Waals surface area contributed by atoms with Crippen molar-refractivity contribution in [2.24, 2.45) is 7.05 Å². The lowest BCUT2D eigenvalue weighted by molar-refractivity contribution is 0.781. The Hall–Kier alpha value is -1.77. The highest BCUT2D eigenvalue weighted by Gasteiger charge is 2.17. The molecule has 0 aliphatic carbocycles. The van der Waals surface area contributed by atoms with E-state index in [0.29, 0.717) is 0 Å². The third kappa shape index (κ3) is 2.01. The molecule has 3 nitrogen and oxygen atoms in total. The Morgan fingerprint density at radius 2 is 1.83 bits per heavy atom. The number of nitrogens with zero attached hydrogens (tertiary/aromatic N) is 2. The Morgan fingerprint density at radius 3 is 2.39 bits per heavy atom. The minimum atomic E-state index is 0.787. The third-order valence-electron chi connectivity index (χ3n) is 3.41. The van der Waals surface area contributed by atoms with Gasteiger partial charge >= 0.3 is 0 Å². The zero-order chi connectivity index (χ0) is 13.3. The summed E-state index contributed by atoms with van der Waals surface area (Å²) in [7, 11) is 1.91. The summed E-state index contributed by atoms with van der Waals surface area (Å²) in [4.78, 5) is 0. The molecule has 0 bridgehead atoms. The van der Waals surface area contributed by atoms with Gasteiger partial charge in [0.15, 0.2) is 0 Å². The lowest BCUT2D eigenvalue weighted by Crippen LogP contribution is -1.99. The molecule has 2 N–H and O–H groups in total. The molecule has 0 aliphatic rings. The van der Waals surface area contributed by atoms with Crippen molar-refractivity contribution in [2.45, 2.75) is 33.6 Å². The predicted octanol–water partition coefficient (Wildman–Crippen LogP) is 3.24. The highest BCUT2D eigenvalue weighted by molar-refractivity contribution is 5.73. The van der Waals surface area contributed by atoms with Gasteiger partial charge in [-0.05, 0) is 31.4 Å². The van der Waals surface area contributed by atoms with Gasteiger partial charge in [-0.2, -0.15) is 5.10 Å². The predicted molar refractivity (Wildman–Crippen MR) is 76.5 cm³/mol. The second-order valence-corrected chi connectivity index (χ2v) is 4.85. The lowest BCUT2D eigenvalue weighted by atomic mass is 9.96. The van der Waals surface area contributed by atoms with Gasteiger partial charge in [-0.15, -0.1) is 0 Å². The van der Waals surface area contributed by atoms with Crippen molar-refractivity contribution in [3.8, 4) is 11.3 Å². The van der Waals surface area contributed by atoms with Crippen LogP contribution in [0.25, 0.3) is 11.3 Å². The van der Waals surface area contributed by atoms with Gasteiger partial charge in [-0.25, -0.2) is 0 Å². The van der Waals surface area contributed by atoms with E-state index in [-0.39, 0.29) is 0 Å². The number of nitrogens with two attached hydrogens (primary N) is 1. The van der Waals surface area contributed by atoms with Gasteiger partial charge in [0.25, 0.3) is 0 Å². The fraction of sp³-hybridized carbons (Fsp3) is 0.400. The number of hydrogen-bond donors (Lipinski definition) is 1. The number of aryl methyl sites for hydroxylation is 3. The fourth-order valence-corrected chi connectivity index (χ4v) is 2.47. The molecule has 1 heterocycles. The quantitative estimate of drug-likeness (QED) is 0.899. The summed E-state index contributed by atoms with van der Waals surface area (Å²) in [5, 5.41) is 4.61. The number of anilines is 1. The van der Waals surface area contributed by atoms with Crippen LogP contribution in [0.3, 0.4) is 0 Å². The molecule has 0 unspecified atom stereocenters. The summed E-state index contributed by atoms with van der Waals surface area (Å²) in [6.07, 6.45) is 2.05. The minimum Gasteiger partial charge on any atom is -0.384 e. The summed E-state index contributed by atoms with van der Waals surface area (Å²) in [6, 6.07) is 6.34. The summed E-state index contributed by atoms with van der Waals surface area (Å²) < 4.78 is 1.78. The first-order valence-corrected chi connectivity index (χ1v) is 6.44. The van der Waals surface area contributed by atoms with Crippen LogP contribution < -0.4 is 5.73 Å². The van der Waals surface area contributed by atoms with Gasteiger partial charge in [0.05, 0.1) is 5.69 Å². The van der Waals surface area contributed by atoms with Crippen LogP contribution in [-0.2, 0) is 13.5 Å². The van der Waals surface area contributed by atoms with Gasteiger partial charge in [0, 0.05) is 18.2 Å². The second kappa shape index (κ2) is 4.84. The van der Waals surface area contributed by atoms with E-state index < -0.39 is 0 Å². The average Bonchev–Trinajstić information content (AvgIpc) is 2.58. The van der Waals surface area contributed by atoms with E-state index in [1.165, 1.54) is 22.3 Å². The standard InChI is InChI=1S/C15H21N3/c1-5-7-12-14(17-18(4)15(12)16)13-10(2)8-6-9-11(13)3/h6,8-9H,5,7,16H2,1-4H3. The van der Waals surface area contributed by atoms with Crippen molar-refractivity contribution >= 4 is 5.82 Å². The van der Waals surface area contributed by atoms with Crippen molar-refractivity contribution < 1.29 is 0 Å². The second-order valence-electron chi connectivity index (χ2n) is 4.85. The first-order chi connectivity index (χ1) is 8.56. The van der Waals surface area contributed by atoms with Crippen LogP contribution in [0.1, 0.15) is 30.0 Å². The molecule has 0 atom stereocenters. The highest BCUT2D eigenvalue weighted by Crippen LogP contribution is 2.32. The molecule has 0 fully saturated rings. The Balaban J connectivity index is 2.67. The summed E-state index contributed by atoms with van der Waals surface area (Å²) in [6.45, 7) is 6.42. The summed E-state index contributed by atoms with van der Waals surface area (Å²) in [5.41, 5.74) is 12.1. The van der Waals surface area contributed by atoms with Crippen LogP contribution in [-0.4, -0.2) is 9.78 Å². The molecule has 3 heteroatoms. The molecule has 2 aromatic rings. The SMILES string of the molecule is CCCc1c(-c2c(C)cccc2C)nn(C)c1N. The average molecular weight is 243 g/mol. The Labute approximate surface area is 109 Å². The van der Waals surface area contributed by atoms with E-state index in [4.69, 9.17) is 5.73 Å². The normalized spacial score (nSPS) is 10.9. The number of hydrogen-bond acceptors (Lipinski definition) is 2. The smallest absolute Gasteiger partial charge is 0.125 e. The van der Waals surface area contributed by atoms with Crippen LogP contribution in [0.5, 0.6) is 0 Å². The van der Waals surface area contributed by atoms with Crippen LogP contribution in [0.15, 0.2) is 18.2 Å². The third-order valence-corrected chi connectivity index (χ3v) is 3.41. The summed E-state index contributed by atoms with van der Waals surface area (Å²) in [5.74, 6) is 0.787. The van der Waals surface area contributed by atoms with Gasteiger partial charge in [-0.3, -0.25) is 4.68 Å². The molecular weight excluding hydrogens is 222 g/mol. The molecule has 0 amide bonds. The van der Waals surface area contributed by atoms with Crippen molar-refractivity contribution in [1.82, 2.24) is 9.78 Å². The maximum absolute atomic E-state index is 6.13. The first kappa shape index (κ1) is 12.7. The molecule has 0 saturated carbocycles. The van der Waals surface area contributed by atoms with E-state index in [1.807, 2.05) is 7.05 Å². The van der Waals surface area contributed by atoms with Gasteiger partial charge in [0.1, 0.15) is 5.82 Å². The monoisotopic (exact) mass is 243 g/mol. The molecule has 0 aliphatic heterocycles. The van der Waals surface area contributed by atoms with Crippen LogP contribution >= 0.6 is 0 Å². The molecule has 0 spiro atoms. The highest BCUT2D eigenvalue weighted by atomic mass is 15.3. The molecule has 1 aromatic carbocycles. The maximum Gasteiger partial charge on any atom is 0.125 e. The van der Waals surface area contributed by atoms with Crippen LogP contribution in [0, 0.1) is 13.8 Å². The zero-order valence-corrected chi connectivity index (χ0v) is 11.6. The molecule has 2 rings (SSSR count). The Morgan fingerprint density at radius 1 is 1.22 bits per heavy atom. The molecule has 96 valence electrons. The number of aromatic nitrogens is 2. The van der Waals surface area contributed by atoms with Crippen LogP contribution in [0.2, 0.25) is 0 Å². The number of rotatable bonds is 3. The van der Waals surface area contributed by atoms with Crippen molar-refractivity contribution in [2.75, 3.05) is 5.73 Å². The maximum atomic E-state index is 6.13. The molecule has 0 radical (unpaired) electrons. The molecule has 1 aromatic heterocycles. The lowest BCUT2D eigenvalue weighted by Gasteiger charge is -2.09. The van der Waals surface area contributed by atoms with E-state index in [9.17, 15) is 0 Å². The van der Waals surface area contributed by atoms with Crippen molar-refractivity contribution in [3.63, 3.8) is 0 Å². The molecule has 18 heavy (non-hydrogen) atoms. The summed E-state index contributed by atoms with van der Waals surface area (Å²) >= 11 is 0. The van der Waals surface area contributed by atoms with Gasteiger partial charge in [0.2, 0.25) is 0 Å². The number of benzene rings is 1. The van der Waals surface area contributed by atoms with Gasteiger partial charge < -0.3 is 5.73 Å². The van der Waals surface area contributed by atoms with Gasteiger partial charge in [-0.1, -0.05) is 31.5 Å².